The minimum absolute atomic E-state index is 0.0107. The third-order valence-electron chi connectivity index (χ3n) is 3.65. The van der Waals surface area contributed by atoms with Crippen LogP contribution in [0.25, 0.3) is 11.5 Å². The van der Waals surface area contributed by atoms with E-state index in [1.54, 1.807) is 0 Å². The van der Waals surface area contributed by atoms with Crippen LogP contribution in [0, 0.1) is 15.9 Å². The number of esters is 1. The summed E-state index contributed by atoms with van der Waals surface area (Å²) in [5.74, 6) is -1.66. The van der Waals surface area contributed by atoms with E-state index in [9.17, 15) is 24.1 Å². The second-order valence-electron chi connectivity index (χ2n) is 5.66. The molecule has 1 aromatic heterocycles. The van der Waals surface area contributed by atoms with Gasteiger partial charge in [0.15, 0.2) is 6.61 Å². The molecule has 1 N–H and O–H groups in total. The molecular weight excluding hydrogens is 387 g/mol. The summed E-state index contributed by atoms with van der Waals surface area (Å²) in [5, 5.41) is 20.5. The van der Waals surface area contributed by atoms with Crippen LogP contribution in [0.4, 0.5) is 10.1 Å². The second kappa shape index (κ2) is 8.69. The maximum absolute atomic E-state index is 12.8. The Morgan fingerprint density at radius 3 is 2.45 bits per heavy atom. The van der Waals surface area contributed by atoms with E-state index < -0.39 is 29.2 Å². The summed E-state index contributed by atoms with van der Waals surface area (Å²) in [6, 6.07) is 10.3. The van der Waals surface area contributed by atoms with Gasteiger partial charge in [0, 0.05) is 23.3 Å². The van der Waals surface area contributed by atoms with E-state index in [1.165, 1.54) is 36.4 Å². The Labute approximate surface area is 162 Å². The van der Waals surface area contributed by atoms with Crippen LogP contribution in [0.2, 0.25) is 0 Å². The van der Waals surface area contributed by atoms with Crippen LogP contribution in [0.1, 0.15) is 16.2 Å². The van der Waals surface area contributed by atoms with Gasteiger partial charge in [-0.15, -0.1) is 10.2 Å². The second-order valence-corrected chi connectivity index (χ2v) is 5.66. The van der Waals surface area contributed by atoms with Crippen LogP contribution in [-0.2, 0) is 16.1 Å². The molecule has 0 aliphatic carbocycles. The summed E-state index contributed by atoms with van der Waals surface area (Å²) < 4.78 is 23.1. The lowest BCUT2D eigenvalue weighted by atomic mass is 10.2. The van der Waals surface area contributed by atoms with Crippen molar-refractivity contribution in [3.8, 4) is 11.5 Å². The van der Waals surface area contributed by atoms with Gasteiger partial charge >= 0.3 is 5.97 Å². The third kappa shape index (κ3) is 5.19. The van der Waals surface area contributed by atoms with E-state index in [4.69, 9.17) is 9.15 Å². The Morgan fingerprint density at radius 2 is 1.79 bits per heavy atom. The monoisotopic (exact) mass is 400 g/mol. The molecule has 10 nitrogen and oxygen atoms in total. The van der Waals surface area contributed by atoms with Gasteiger partial charge in [-0.25, -0.2) is 4.39 Å². The van der Waals surface area contributed by atoms with E-state index >= 15 is 0 Å². The first-order valence-electron chi connectivity index (χ1n) is 8.19. The molecule has 0 aliphatic heterocycles. The van der Waals surface area contributed by atoms with Crippen molar-refractivity contribution in [2.24, 2.45) is 0 Å². The Bertz CT molecular complexity index is 1030. The van der Waals surface area contributed by atoms with Crippen LogP contribution in [-0.4, -0.2) is 33.5 Å². The highest BCUT2D eigenvalue weighted by atomic mass is 19.1. The number of aromatic nitrogens is 2. The average molecular weight is 400 g/mol. The lowest BCUT2D eigenvalue weighted by Gasteiger charge is -2.05. The number of carbonyl (C=O) groups is 2. The lowest BCUT2D eigenvalue weighted by Crippen LogP contribution is -2.30. The summed E-state index contributed by atoms with van der Waals surface area (Å²) in [7, 11) is 0. The molecule has 0 spiro atoms. The summed E-state index contributed by atoms with van der Waals surface area (Å²) in [6.07, 6.45) is 0. The molecule has 0 aliphatic rings. The average Bonchev–Trinajstić information content (AvgIpc) is 3.20. The van der Waals surface area contributed by atoms with Crippen LogP contribution in [0.3, 0.4) is 0 Å². The van der Waals surface area contributed by atoms with Gasteiger partial charge in [0.25, 0.3) is 17.5 Å². The van der Waals surface area contributed by atoms with Crippen molar-refractivity contribution < 1.29 is 28.1 Å². The summed E-state index contributed by atoms with van der Waals surface area (Å²) in [6.45, 7) is -0.717. The van der Waals surface area contributed by atoms with Gasteiger partial charge in [0.2, 0.25) is 5.89 Å². The molecule has 1 heterocycles. The maximum atomic E-state index is 12.8. The number of nitrogens with one attached hydrogen (secondary N) is 1. The van der Waals surface area contributed by atoms with Gasteiger partial charge < -0.3 is 14.5 Å². The molecule has 2 aromatic carbocycles. The van der Waals surface area contributed by atoms with E-state index in [2.05, 4.69) is 15.5 Å². The molecule has 11 heteroatoms. The smallest absolute Gasteiger partial charge is 0.325 e. The van der Waals surface area contributed by atoms with E-state index in [-0.39, 0.29) is 29.6 Å². The SMILES string of the molecule is O=C(CNC(=O)c1ccc(F)cc1)OCc1nnc(-c2ccc([N+](=O)[O-])cc2)o1. The first-order valence-corrected chi connectivity index (χ1v) is 8.19. The molecule has 0 unspecified atom stereocenters. The Hall–Kier alpha value is -4.15. The van der Waals surface area contributed by atoms with Crippen LogP contribution < -0.4 is 5.32 Å². The van der Waals surface area contributed by atoms with Crippen molar-refractivity contribution in [3.05, 3.63) is 75.9 Å². The standard InChI is InChI=1S/C18H13FN4O6/c19-13-5-1-11(2-6-13)17(25)20-9-16(24)28-10-15-21-22-18(29-15)12-3-7-14(8-4-12)23(26)27/h1-8H,9-10H2,(H,20,25). The predicted molar refractivity (Wildman–Crippen MR) is 94.9 cm³/mol. The molecule has 0 radical (unpaired) electrons. The molecule has 3 rings (SSSR count). The Kier molecular flexibility index (Phi) is 5.88. The van der Waals surface area contributed by atoms with Crippen LogP contribution >= 0.6 is 0 Å². The topological polar surface area (TPSA) is 137 Å². The lowest BCUT2D eigenvalue weighted by molar-refractivity contribution is -0.384. The van der Waals surface area contributed by atoms with Crippen molar-refractivity contribution in [1.82, 2.24) is 15.5 Å². The fraction of sp³-hybridized carbons (Fsp3) is 0.111. The summed E-state index contributed by atoms with van der Waals surface area (Å²) in [4.78, 5) is 33.7. The van der Waals surface area contributed by atoms with Crippen molar-refractivity contribution in [2.45, 2.75) is 6.61 Å². The summed E-state index contributed by atoms with van der Waals surface area (Å²) in [5.41, 5.74) is 0.584. The molecule has 0 atom stereocenters. The number of halogens is 1. The van der Waals surface area contributed by atoms with Gasteiger partial charge in [-0.2, -0.15) is 0 Å². The van der Waals surface area contributed by atoms with Crippen molar-refractivity contribution in [1.29, 1.82) is 0 Å². The molecular formula is C18H13FN4O6. The first kappa shape index (κ1) is 19.6. The molecule has 0 saturated carbocycles. The molecule has 148 valence electrons. The molecule has 0 bridgehead atoms. The zero-order chi connectivity index (χ0) is 20.8. The predicted octanol–water partition coefficient (Wildman–Crippen LogP) is 2.26. The zero-order valence-corrected chi connectivity index (χ0v) is 14.7. The number of non-ortho nitro benzene ring substituents is 1. The van der Waals surface area contributed by atoms with Crippen LogP contribution in [0.15, 0.2) is 52.9 Å². The van der Waals surface area contributed by atoms with Gasteiger partial charge in [-0.1, -0.05) is 0 Å². The quantitative estimate of drug-likeness (QED) is 0.362. The number of hydrogen-bond acceptors (Lipinski definition) is 8. The van der Waals surface area contributed by atoms with Crippen molar-refractivity contribution in [2.75, 3.05) is 6.54 Å². The van der Waals surface area contributed by atoms with Crippen LogP contribution in [0.5, 0.6) is 0 Å². The number of carbonyl (C=O) groups excluding carboxylic acids is 2. The maximum Gasteiger partial charge on any atom is 0.325 e. The largest absolute Gasteiger partial charge is 0.454 e. The highest BCUT2D eigenvalue weighted by Gasteiger charge is 2.14. The van der Waals surface area contributed by atoms with Gasteiger partial charge in [-0.3, -0.25) is 19.7 Å². The molecule has 0 saturated heterocycles. The number of rotatable bonds is 7. The molecule has 1 amide bonds. The fourth-order valence-corrected chi connectivity index (χ4v) is 2.20. The number of nitrogens with zero attached hydrogens (tertiary/aromatic N) is 3. The zero-order valence-electron chi connectivity index (χ0n) is 14.7. The molecule has 3 aromatic rings. The molecule has 0 fully saturated rings. The van der Waals surface area contributed by atoms with Gasteiger partial charge in [-0.05, 0) is 36.4 Å². The Morgan fingerprint density at radius 1 is 1.10 bits per heavy atom. The highest BCUT2D eigenvalue weighted by Crippen LogP contribution is 2.21. The van der Waals surface area contributed by atoms with Gasteiger partial charge in [0.05, 0.1) is 4.92 Å². The number of hydrogen-bond donors (Lipinski definition) is 1. The normalized spacial score (nSPS) is 10.4. The number of nitro benzene ring substituents is 1. The summed E-state index contributed by atoms with van der Waals surface area (Å²) >= 11 is 0. The number of benzene rings is 2. The first-order chi connectivity index (χ1) is 13.9. The van der Waals surface area contributed by atoms with E-state index in [0.29, 0.717) is 5.56 Å². The van der Waals surface area contributed by atoms with E-state index in [1.807, 2.05) is 0 Å². The third-order valence-corrected chi connectivity index (χ3v) is 3.65. The van der Waals surface area contributed by atoms with Crippen molar-refractivity contribution in [3.63, 3.8) is 0 Å². The molecule has 29 heavy (non-hydrogen) atoms. The minimum atomic E-state index is -0.740. The van der Waals surface area contributed by atoms with Gasteiger partial charge in [0.1, 0.15) is 12.4 Å². The minimum Gasteiger partial charge on any atom is -0.454 e. The number of ether oxygens (including phenoxy) is 1. The number of amides is 1. The van der Waals surface area contributed by atoms with E-state index in [0.717, 1.165) is 12.1 Å². The Balaban J connectivity index is 1.48. The number of nitro groups is 1. The highest BCUT2D eigenvalue weighted by molar-refractivity contribution is 5.95. The van der Waals surface area contributed by atoms with Crippen molar-refractivity contribution >= 4 is 17.6 Å². The fourth-order valence-electron chi connectivity index (χ4n) is 2.20.